The third kappa shape index (κ3) is 3.20. The highest BCUT2D eigenvalue weighted by molar-refractivity contribution is 5.95. The van der Waals surface area contributed by atoms with Crippen LogP contribution in [0.4, 0.5) is 5.82 Å². The first-order chi connectivity index (χ1) is 15.6. The summed E-state index contributed by atoms with van der Waals surface area (Å²) in [6.07, 6.45) is 7.09. The summed E-state index contributed by atoms with van der Waals surface area (Å²) in [6.45, 7) is 2.06. The van der Waals surface area contributed by atoms with Crippen LogP contribution in [0.5, 0.6) is 11.5 Å². The van der Waals surface area contributed by atoms with Gasteiger partial charge in [-0.3, -0.25) is 4.79 Å². The number of hydrogen-bond donors (Lipinski definition) is 1. The van der Waals surface area contributed by atoms with Crippen molar-refractivity contribution in [1.82, 2.24) is 29.6 Å². The van der Waals surface area contributed by atoms with Crippen LogP contribution in [0, 0.1) is 19.3 Å². The van der Waals surface area contributed by atoms with Crippen molar-refractivity contribution in [3.8, 4) is 29.7 Å². The van der Waals surface area contributed by atoms with Crippen molar-refractivity contribution in [3.05, 3.63) is 53.5 Å². The van der Waals surface area contributed by atoms with Gasteiger partial charge < -0.3 is 14.8 Å². The van der Waals surface area contributed by atoms with Gasteiger partial charge in [-0.05, 0) is 36.8 Å². The van der Waals surface area contributed by atoms with Gasteiger partial charge in [0.1, 0.15) is 18.8 Å². The van der Waals surface area contributed by atoms with Gasteiger partial charge in [0.2, 0.25) is 5.91 Å². The maximum atomic E-state index is 12.7. The molecule has 0 unspecified atom stereocenters. The number of ether oxygens (including phenoxy) is 2. The molecular weight excluding hydrogens is 410 g/mol. The average molecular weight is 429 g/mol. The van der Waals surface area contributed by atoms with Crippen LogP contribution < -0.4 is 14.8 Å². The van der Waals surface area contributed by atoms with E-state index in [2.05, 4.69) is 31.6 Å². The predicted molar refractivity (Wildman–Crippen MR) is 115 cm³/mol. The van der Waals surface area contributed by atoms with E-state index in [9.17, 15) is 4.79 Å². The van der Waals surface area contributed by atoms with E-state index >= 15 is 0 Å². The zero-order valence-corrected chi connectivity index (χ0v) is 17.4. The van der Waals surface area contributed by atoms with Gasteiger partial charge >= 0.3 is 0 Å². The molecule has 160 valence electrons. The molecule has 4 heterocycles. The lowest BCUT2D eigenvalue weighted by molar-refractivity contribution is -0.116. The monoisotopic (exact) mass is 429 g/mol. The Morgan fingerprint density at radius 2 is 2.12 bits per heavy atom. The van der Waals surface area contributed by atoms with Crippen molar-refractivity contribution >= 4 is 17.4 Å². The third-order valence-corrected chi connectivity index (χ3v) is 5.37. The zero-order chi connectivity index (χ0) is 22.2. The first-order valence-corrected chi connectivity index (χ1v) is 9.90. The Morgan fingerprint density at radius 3 is 2.94 bits per heavy atom. The Morgan fingerprint density at radius 1 is 1.25 bits per heavy atom. The molecule has 4 aromatic rings. The number of aryl methyl sites for hydroxylation is 1. The van der Waals surface area contributed by atoms with Crippen molar-refractivity contribution in [1.29, 1.82) is 0 Å². The van der Waals surface area contributed by atoms with Gasteiger partial charge in [0, 0.05) is 17.9 Å². The Balaban J connectivity index is 1.59. The Kier molecular flexibility index (Phi) is 4.71. The maximum absolute atomic E-state index is 12.7. The molecule has 5 rings (SSSR count). The van der Waals surface area contributed by atoms with Crippen LogP contribution in [0.1, 0.15) is 29.2 Å². The Labute approximate surface area is 183 Å². The second kappa shape index (κ2) is 7.70. The Hall–Kier alpha value is -4.39. The van der Waals surface area contributed by atoms with Crippen LogP contribution in [0.15, 0.2) is 36.7 Å². The molecule has 10 nitrogen and oxygen atoms in total. The lowest BCUT2D eigenvalue weighted by Gasteiger charge is -2.25. The molecule has 1 amide bonds. The number of amides is 1. The highest BCUT2D eigenvalue weighted by Crippen LogP contribution is 2.42. The van der Waals surface area contributed by atoms with Gasteiger partial charge in [0.25, 0.3) is 0 Å². The number of nitrogens with zero attached hydrogens (tertiary/aromatic N) is 6. The summed E-state index contributed by atoms with van der Waals surface area (Å²) in [6, 6.07) is 9.17. The lowest BCUT2D eigenvalue weighted by Crippen LogP contribution is -2.25. The number of carbonyl (C=O) groups is 1. The summed E-state index contributed by atoms with van der Waals surface area (Å²) >= 11 is 0. The minimum atomic E-state index is -0.207. The number of terminal acetylenes is 1. The van der Waals surface area contributed by atoms with E-state index in [1.54, 1.807) is 34.5 Å². The molecule has 0 saturated carbocycles. The van der Waals surface area contributed by atoms with Crippen LogP contribution in [0.2, 0.25) is 0 Å². The predicted octanol–water partition coefficient (Wildman–Crippen LogP) is 2.11. The maximum Gasteiger partial charge on any atom is 0.226 e. The zero-order valence-electron chi connectivity index (χ0n) is 17.4. The molecule has 1 aliphatic heterocycles. The highest BCUT2D eigenvalue weighted by Gasteiger charge is 2.33. The van der Waals surface area contributed by atoms with Crippen molar-refractivity contribution < 1.29 is 14.3 Å². The van der Waals surface area contributed by atoms with Crippen LogP contribution >= 0.6 is 0 Å². The summed E-state index contributed by atoms with van der Waals surface area (Å²) < 4.78 is 14.2. The number of nitrogens with one attached hydrogen (secondary N) is 1. The lowest BCUT2D eigenvalue weighted by atomic mass is 9.85. The van der Waals surface area contributed by atoms with E-state index < -0.39 is 0 Å². The molecule has 0 aliphatic carbocycles. The second-order valence-electron chi connectivity index (χ2n) is 7.29. The summed E-state index contributed by atoms with van der Waals surface area (Å²) in [7, 11) is 1.57. The van der Waals surface area contributed by atoms with E-state index in [-0.39, 0.29) is 24.9 Å². The first kappa shape index (κ1) is 19.6. The molecule has 10 heteroatoms. The second-order valence-corrected chi connectivity index (χ2v) is 7.29. The quantitative estimate of drug-likeness (QED) is 0.484. The van der Waals surface area contributed by atoms with Crippen molar-refractivity contribution in [2.24, 2.45) is 0 Å². The number of carbonyl (C=O) groups excluding carboxylic acids is 1. The smallest absolute Gasteiger partial charge is 0.226 e. The number of anilines is 1. The van der Waals surface area contributed by atoms with E-state index in [0.717, 1.165) is 16.8 Å². The van der Waals surface area contributed by atoms with Crippen LogP contribution in [0.25, 0.3) is 11.5 Å². The highest BCUT2D eigenvalue weighted by atomic mass is 16.5. The summed E-state index contributed by atoms with van der Waals surface area (Å²) in [5.41, 5.74) is 3.25. The molecule has 1 aliphatic rings. The molecule has 1 aromatic carbocycles. The fraction of sp³-hybridized carbons (Fsp3) is 0.227. The molecule has 0 fully saturated rings. The normalized spacial score (nSPS) is 15.2. The number of methoxy groups -OCH3 is 1. The molecule has 0 spiro atoms. The summed E-state index contributed by atoms with van der Waals surface area (Å²) in [4.78, 5) is 12.7. The Bertz CT molecular complexity index is 1380. The van der Waals surface area contributed by atoms with Crippen LogP contribution in [-0.2, 0) is 4.79 Å². The summed E-state index contributed by atoms with van der Waals surface area (Å²) in [5, 5.41) is 20.0. The van der Waals surface area contributed by atoms with Crippen molar-refractivity contribution in [2.75, 3.05) is 19.0 Å². The van der Waals surface area contributed by atoms with Gasteiger partial charge in [-0.1, -0.05) is 12.0 Å². The van der Waals surface area contributed by atoms with Crippen molar-refractivity contribution in [3.63, 3.8) is 0 Å². The van der Waals surface area contributed by atoms with Crippen LogP contribution in [-0.4, -0.2) is 49.2 Å². The number of fused-ring (bicyclic) bond motifs is 2. The van der Waals surface area contributed by atoms with Crippen molar-refractivity contribution in [2.45, 2.75) is 19.3 Å². The van der Waals surface area contributed by atoms with Gasteiger partial charge in [0.05, 0.1) is 12.8 Å². The number of hydrogen-bond acceptors (Lipinski definition) is 7. The van der Waals surface area contributed by atoms with Gasteiger partial charge in [-0.2, -0.15) is 14.3 Å². The molecule has 1 atom stereocenters. The van der Waals surface area contributed by atoms with E-state index in [0.29, 0.717) is 28.8 Å². The number of benzene rings is 1. The van der Waals surface area contributed by atoms with E-state index in [4.69, 9.17) is 15.9 Å². The van der Waals surface area contributed by atoms with Gasteiger partial charge in [-0.15, -0.1) is 21.7 Å². The van der Waals surface area contributed by atoms with Gasteiger partial charge in [0.15, 0.2) is 23.0 Å². The molecule has 0 bridgehead atoms. The SMILES string of the molecule is C#CCOc1ccc([C@H]2CC(=O)Nc3c2c(C)nn3-c2ccc3nncn3n2)cc1OC. The number of rotatable bonds is 5. The summed E-state index contributed by atoms with van der Waals surface area (Å²) in [5.74, 6) is 4.36. The number of aromatic nitrogens is 6. The molecule has 32 heavy (non-hydrogen) atoms. The third-order valence-electron chi connectivity index (χ3n) is 5.37. The largest absolute Gasteiger partial charge is 0.493 e. The minimum Gasteiger partial charge on any atom is -0.493 e. The molecule has 0 saturated heterocycles. The molecule has 0 radical (unpaired) electrons. The standard InChI is InChI=1S/C22H19N7O3/c1-4-9-32-16-6-5-14(10-17(16)31-3)15-11-20(30)24-22-21(15)13(2)26-29(22)19-8-7-18-25-23-12-28(18)27-19/h1,5-8,10,12,15H,9,11H2,2-3H3,(H,24,30)/t15-/m1/s1. The van der Waals surface area contributed by atoms with E-state index in [1.165, 1.54) is 6.33 Å². The molecule has 1 N–H and O–H groups in total. The topological polar surface area (TPSA) is 108 Å². The van der Waals surface area contributed by atoms with Crippen LogP contribution in [0.3, 0.4) is 0 Å². The van der Waals surface area contributed by atoms with E-state index in [1.807, 2.05) is 19.1 Å². The fourth-order valence-electron chi connectivity index (χ4n) is 3.97. The fourth-order valence-corrected chi connectivity index (χ4v) is 3.97. The minimum absolute atomic E-state index is 0.111. The van der Waals surface area contributed by atoms with Gasteiger partial charge in [-0.25, -0.2) is 0 Å². The average Bonchev–Trinajstić information content (AvgIpc) is 3.40. The molecular formula is C22H19N7O3. The first-order valence-electron chi connectivity index (χ1n) is 9.90. The molecule has 3 aromatic heterocycles.